The predicted molar refractivity (Wildman–Crippen MR) is 104 cm³/mol. The van der Waals surface area contributed by atoms with E-state index in [1.165, 1.54) is 13.2 Å². The average Bonchev–Trinajstić information content (AvgIpc) is 3.05. The summed E-state index contributed by atoms with van der Waals surface area (Å²) >= 11 is 0. The van der Waals surface area contributed by atoms with Gasteiger partial charge in [0.25, 0.3) is 0 Å². The van der Waals surface area contributed by atoms with Crippen molar-refractivity contribution in [3.8, 4) is 17.0 Å². The van der Waals surface area contributed by atoms with E-state index in [2.05, 4.69) is 10.4 Å². The van der Waals surface area contributed by atoms with Crippen molar-refractivity contribution in [2.24, 2.45) is 0 Å². The van der Waals surface area contributed by atoms with Crippen molar-refractivity contribution in [1.29, 1.82) is 0 Å². The van der Waals surface area contributed by atoms with Crippen molar-refractivity contribution in [3.05, 3.63) is 29.5 Å². The maximum Gasteiger partial charge on any atom is 0.408 e. The molecule has 9 heteroatoms. The molecular weight excluding hydrogens is 387 g/mol. The highest BCUT2D eigenvalue weighted by molar-refractivity contribution is 5.92. The molecule has 0 aliphatic heterocycles. The molecule has 0 radical (unpaired) electrons. The van der Waals surface area contributed by atoms with Crippen LogP contribution in [0.4, 0.5) is 18.9 Å². The van der Waals surface area contributed by atoms with Gasteiger partial charge in [-0.2, -0.15) is 18.3 Å². The molecule has 0 spiro atoms. The van der Waals surface area contributed by atoms with Gasteiger partial charge in [-0.1, -0.05) is 6.92 Å². The summed E-state index contributed by atoms with van der Waals surface area (Å²) in [6, 6.07) is 3.02. The van der Waals surface area contributed by atoms with Crippen LogP contribution in [0.15, 0.2) is 18.2 Å². The van der Waals surface area contributed by atoms with E-state index in [9.17, 15) is 18.0 Å². The minimum atomic E-state index is -4.36. The third kappa shape index (κ3) is 4.83. The largest absolute Gasteiger partial charge is 0.496 e. The molecule has 160 valence electrons. The fraction of sp³-hybridized carbons (Fsp3) is 0.500. The quantitative estimate of drug-likeness (QED) is 0.637. The number of hydrogen-bond donors (Lipinski definition) is 1. The summed E-state index contributed by atoms with van der Waals surface area (Å²) in [7, 11) is 1.44. The van der Waals surface area contributed by atoms with E-state index < -0.39 is 18.2 Å². The van der Waals surface area contributed by atoms with E-state index in [-0.39, 0.29) is 18.0 Å². The first-order valence-electron chi connectivity index (χ1n) is 9.46. The Labute approximate surface area is 168 Å². The van der Waals surface area contributed by atoms with Crippen LogP contribution in [-0.4, -0.2) is 41.7 Å². The fourth-order valence-corrected chi connectivity index (χ4v) is 3.04. The number of methoxy groups -OCH3 is 1. The normalized spacial score (nSPS) is 12.6. The van der Waals surface area contributed by atoms with Gasteiger partial charge in [0.1, 0.15) is 11.8 Å². The van der Waals surface area contributed by atoms with Crippen molar-refractivity contribution >= 4 is 11.7 Å². The molecule has 1 aromatic heterocycles. The number of ether oxygens (including phenoxy) is 2. The van der Waals surface area contributed by atoms with Crippen LogP contribution in [0.1, 0.15) is 43.7 Å². The van der Waals surface area contributed by atoms with Gasteiger partial charge in [0.05, 0.1) is 19.4 Å². The summed E-state index contributed by atoms with van der Waals surface area (Å²) < 4.78 is 50.8. The molecule has 0 bridgehead atoms. The molecule has 6 nitrogen and oxygen atoms in total. The highest BCUT2D eigenvalue weighted by Crippen LogP contribution is 2.37. The van der Waals surface area contributed by atoms with Crippen LogP contribution in [0.3, 0.4) is 0 Å². The summed E-state index contributed by atoms with van der Waals surface area (Å²) in [6.07, 6.45) is -3.84. The van der Waals surface area contributed by atoms with Gasteiger partial charge in [-0.05, 0) is 39.3 Å². The minimum Gasteiger partial charge on any atom is -0.496 e. The van der Waals surface area contributed by atoms with Gasteiger partial charge in [-0.15, -0.1) is 0 Å². The van der Waals surface area contributed by atoms with E-state index >= 15 is 0 Å². The topological polar surface area (TPSA) is 65.4 Å². The van der Waals surface area contributed by atoms with Gasteiger partial charge in [0, 0.05) is 29.4 Å². The first-order chi connectivity index (χ1) is 13.7. The lowest BCUT2D eigenvalue weighted by Crippen LogP contribution is -2.33. The summed E-state index contributed by atoms with van der Waals surface area (Å²) in [6.45, 7) is 7.29. The van der Waals surface area contributed by atoms with Crippen molar-refractivity contribution in [3.63, 3.8) is 0 Å². The lowest BCUT2D eigenvalue weighted by Gasteiger charge is -2.20. The van der Waals surface area contributed by atoms with E-state index in [1.807, 2.05) is 13.8 Å². The highest BCUT2D eigenvalue weighted by atomic mass is 19.4. The second-order valence-electron chi connectivity index (χ2n) is 6.39. The van der Waals surface area contributed by atoms with E-state index in [1.54, 1.807) is 23.7 Å². The number of esters is 1. The van der Waals surface area contributed by atoms with E-state index in [4.69, 9.17) is 9.47 Å². The molecule has 29 heavy (non-hydrogen) atoms. The van der Waals surface area contributed by atoms with Crippen LogP contribution < -0.4 is 10.1 Å². The van der Waals surface area contributed by atoms with Crippen molar-refractivity contribution < 1.29 is 27.4 Å². The molecule has 0 fully saturated rings. The molecule has 1 unspecified atom stereocenters. The molecule has 0 saturated carbocycles. The second-order valence-corrected chi connectivity index (χ2v) is 6.39. The van der Waals surface area contributed by atoms with Gasteiger partial charge >= 0.3 is 12.1 Å². The highest BCUT2D eigenvalue weighted by Gasteiger charge is 2.36. The van der Waals surface area contributed by atoms with Crippen molar-refractivity contribution in [2.45, 2.75) is 52.9 Å². The van der Waals surface area contributed by atoms with Crippen molar-refractivity contribution in [1.82, 2.24) is 9.78 Å². The standard InChI is InChI=1S/C20H26F3N3O3/c1-6-14-17(19(27)29-8-3)25-26(7-2)18(14)15-10-9-13(11-16(15)28-5)24-12(4)20(21,22)23/h9-12,24H,6-8H2,1-5H3. The Morgan fingerprint density at radius 2 is 1.97 bits per heavy atom. The first-order valence-corrected chi connectivity index (χ1v) is 9.46. The van der Waals surface area contributed by atoms with Gasteiger partial charge < -0.3 is 14.8 Å². The Kier molecular flexibility index (Phi) is 7.16. The van der Waals surface area contributed by atoms with Crippen molar-refractivity contribution in [2.75, 3.05) is 19.0 Å². The Bertz CT molecular complexity index is 863. The van der Waals surface area contributed by atoms with E-state index in [0.29, 0.717) is 35.5 Å². The smallest absolute Gasteiger partial charge is 0.408 e. The molecule has 0 amide bonds. The Morgan fingerprint density at radius 3 is 2.48 bits per heavy atom. The van der Waals surface area contributed by atoms with Gasteiger partial charge in [0.2, 0.25) is 0 Å². The van der Waals surface area contributed by atoms with Crippen LogP contribution in [0, 0.1) is 0 Å². The lowest BCUT2D eigenvalue weighted by atomic mass is 10.0. The van der Waals surface area contributed by atoms with Gasteiger partial charge in [-0.25, -0.2) is 4.79 Å². The second kappa shape index (κ2) is 9.19. The molecule has 1 atom stereocenters. The number of aromatic nitrogens is 2. The van der Waals surface area contributed by atoms with Gasteiger partial charge in [0.15, 0.2) is 5.69 Å². The van der Waals surface area contributed by atoms with Crippen LogP contribution >= 0.6 is 0 Å². The third-order valence-electron chi connectivity index (χ3n) is 4.50. The number of anilines is 1. The number of halogens is 3. The first kappa shape index (κ1) is 22.6. The summed E-state index contributed by atoms with van der Waals surface area (Å²) in [5, 5.41) is 6.83. The Morgan fingerprint density at radius 1 is 1.28 bits per heavy atom. The number of rotatable bonds is 8. The molecule has 0 aliphatic carbocycles. The zero-order valence-corrected chi connectivity index (χ0v) is 17.2. The van der Waals surface area contributed by atoms with Crippen LogP contribution in [0.2, 0.25) is 0 Å². The van der Waals surface area contributed by atoms with Crippen LogP contribution in [0.5, 0.6) is 5.75 Å². The molecule has 1 aromatic carbocycles. The zero-order valence-electron chi connectivity index (χ0n) is 17.2. The summed E-state index contributed by atoms with van der Waals surface area (Å²) in [5.41, 5.74) is 2.54. The maximum absolute atomic E-state index is 12.9. The maximum atomic E-state index is 12.9. The lowest BCUT2D eigenvalue weighted by molar-refractivity contribution is -0.138. The van der Waals surface area contributed by atoms with Crippen LogP contribution in [-0.2, 0) is 17.7 Å². The molecule has 0 aliphatic rings. The number of nitrogens with zero attached hydrogens (tertiary/aromatic N) is 2. The SMILES string of the molecule is CCOC(=O)c1nn(CC)c(-c2ccc(NC(C)C(F)(F)F)cc2OC)c1CC. The van der Waals surface area contributed by atoms with Crippen LogP contribution in [0.25, 0.3) is 11.3 Å². The summed E-state index contributed by atoms with van der Waals surface area (Å²) in [4.78, 5) is 12.3. The molecule has 2 aromatic rings. The molecular formula is C20H26F3N3O3. The zero-order chi connectivity index (χ0) is 21.8. The number of hydrogen-bond acceptors (Lipinski definition) is 5. The Balaban J connectivity index is 2.55. The molecule has 1 N–H and O–H groups in total. The van der Waals surface area contributed by atoms with E-state index in [0.717, 1.165) is 6.92 Å². The number of nitrogens with one attached hydrogen (secondary N) is 1. The summed E-state index contributed by atoms with van der Waals surface area (Å²) in [5.74, 6) is -0.127. The Hall–Kier alpha value is -2.71. The number of alkyl halides is 3. The predicted octanol–water partition coefficient (Wildman–Crippen LogP) is 4.68. The number of aryl methyl sites for hydroxylation is 1. The number of carbonyl (C=O) groups is 1. The monoisotopic (exact) mass is 413 g/mol. The number of carbonyl (C=O) groups excluding carboxylic acids is 1. The average molecular weight is 413 g/mol. The minimum absolute atomic E-state index is 0.234. The molecule has 1 heterocycles. The molecule has 2 rings (SSSR count). The van der Waals surface area contributed by atoms with Gasteiger partial charge in [-0.3, -0.25) is 4.68 Å². The fourth-order valence-electron chi connectivity index (χ4n) is 3.04. The number of benzene rings is 1. The molecule has 0 saturated heterocycles. The third-order valence-corrected chi connectivity index (χ3v) is 4.50.